The molecule has 1 atom stereocenters. The molecule has 4 aromatic carbocycles. The number of aromatic amines is 1. The van der Waals surface area contributed by atoms with Crippen molar-refractivity contribution < 1.29 is 29.3 Å². The van der Waals surface area contributed by atoms with Crippen LogP contribution >= 0.6 is 11.3 Å². The van der Waals surface area contributed by atoms with Gasteiger partial charge in [0, 0.05) is 62.9 Å². The van der Waals surface area contributed by atoms with E-state index in [0.29, 0.717) is 53.8 Å². The molecule has 2 aliphatic rings. The topological polar surface area (TPSA) is 176 Å². The van der Waals surface area contributed by atoms with E-state index >= 15 is 0 Å². The SMILES string of the molecule is CN(CCCCC(=O)Nc1ccc(CNC[C@H](O)c2ccc(O)c3[nH]c(=O)sc23)cc1)C(=O)CCN1CCC2(CC1)CC(OC(=O)Nc1ccccc1-c1ccccc1)C2. The van der Waals surface area contributed by atoms with Crippen LogP contribution < -0.4 is 20.8 Å². The van der Waals surface area contributed by atoms with Crippen molar-refractivity contribution in [2.75, 3.05) is 50.4 Å². The van der Waals surface area contributed by atoms with Crippen LogP contribution in [0.4, 0.5) is 16.2 Å². The summed E-state index contributed by atoms with van der Waals surface area (Å²) >= 11 is 0.954. The number of hydrogen-bond acceptors (Lipinski definition) is 10. The number of likely N-dealkylation sites (tertiary alicyclic amines) is 1. The maximum absolute atomic E-state index is 12.9. The molecule has 14 heteroatoms. The highest BCUT2D eigenvalue weighted by atomic mass is 32.1. The van der Waals surface area contributed by atoms with E-state index in [2.05, 4.69) is 25.8 Å². The number of H-pyrrole nitrogens is 1. The number of carbonyl (C=O) groups is 3. The summed E-state index contributed by atoms with van der Waals surface area (Å²) in [6.07, 6.45) is 4.69. The number of nitrogens with one attached hydrogen (secondary N) is 4. The third-order valence-corrected chi connectivity index (χ3v) is 12.8. The Kier molecular flexibility index (Phi) is 14.0. The zero-order chi connectivity index (χ0) is 42.1. The number of benzene rings is 4. The number of piperidine rings is 1. The number of aromatic hydroxyl groups is 1. The van der Waals surface area contributed by atoms with E-state index in [0.717, 1.165) is 85.5 Å². The fourth-order valence-electron chi connectivity index (χ4n) is 8.30. The number of aliphatic hydroxyl groups is 1. The largest absolute Gasteiger partial charge is 0.506 e. The highest BCUT2D eigenvalue weighted by molar-refractivity contribution is 7.16. The number of hydrogen-bond donors (Lipinski definition) is 6. The minimum absolute atomic E-state index is 0.0307. The van der Waals surface area contributed by atoms with Crippen LogP contribution in [0.15, 0.2) is 95.8 Å². The van der Waals surface area contributed by atoms with Crippen LogP contribution in [0.25, 0.3) is 21.3 Å². The molecular formula is C46H54N6O7S. The first kappa shape index (κ1) is 42.6. The molecule has 316 valence electrons. The standard InChI is InChI=1S/C46H54N6O7S/c1-51(23-8-7-13-40(55)48-33-16-14-31(15-17-33)29-47-30-39(54)36-18-19-38(53)42-43(36)60-45(58)50-42)41(56)20-24-52-25-21-46(22-26-52)27-34(28-46)59-44(57)49-37-12-6-5-11-35(37)32-9-3-2-4-10-32/h2-6,9-12,14-19,34,39,47,53-54H,7-8,13,20-30H2,1H3,(H,48,55)(H,49,57)(H,50,58)/t39-/m0/s1. The second kappa shape index (κ2) is 19.7. The molecule has 1 saturated heterocycles. The zero-order valence-electron chi connectivity index (χ0n) is 34.0. The number of aliphatic hydroxyl groups excluding tert-OH is 1. The lowest BCUT2D eigenvalue weighted by molar-refractivity contribution is -0.130. The Balaban J connectivity index is 0.724. The molecular weight excluding hydrogens is 781 g/mol. The lowest BCUT2D eigenvalue weighted by Crippen LogP contribution is -2.51. The van der Waals surface area contributed by atoms with Gasteiger partial charge < -0.3 is 40.4 Å². The van der Waals surface area contributed by atoms with Crippen molar-refractivity contribution in [2.45, 2.75) is 70.1 Å². The van der Waals surface area contributed by atoms with Gasteiger partial charge in [0.1, 0.15) is 17.4 Å². The number of thiazole rings is 1. The minimum atomic E-state index is -0.868. The molecule has 2 heterocycles. The summed E-state index contributed by atoms with van der Waals surface area (Å²) in [6.45, 7) is 3.94. The average molecular weight is 835 g/mol. The molecule has 1 aromatic heterocycles. The van der Waals surface area contributed by atoms with Gasteiger partial charge in [0.2, 0.25) is 11.8 Å². The second-order valence-electron chi connectivity index (χ2n) is 16.1. The van der Waals surface area contributed by atoms with Crippen LogP contribution in [-0.4, -0.2) is 88.8 Å². The molecule has 60 heavy (non-hydrogen) atoms. The molecule has 6 N–H and O–H groups in total. The van der Waals surface area contributed by atoms with Crippen molar-refractivity contribution in [3.63, 3.8) is 0 Å². The number of aromatic nitrogens is 1. The molecule has 2 fully saturated rings. The molecule has 7 rings (SSSR count). The number of phenols is 1. The van der Waals surface area contributed by atoms with E-state index in [4.69, 9.17) is 4.74 Å². The second-order valence-corrected chi connectivity index (χ2v) is 17.1. The Hall–Kier alpha value is -5.54. The molecule has 0 bridgehead atoms. The monoisotopic (exact) mass is 834 g/mol. The Bertz CT molecular complexity index is 2300. The van der Waals surface area contributed by atoms with Crippen molar-refractivity contribution in [3.8, 4) is 16.9 Å². The summed E-state index contributed by atoms with van der Waals surface area (Å²) in [4.78, 5) is 56.5. The van der Waals surface area contributed by atoms with Crippen LogP contribution in [0.2, 0.25) is 0 Å². The van der Waals surface area contributed by atoms with E-state index in [1.807, 2.05) is 85.9 Å². The highest BCUT2D eigenvalue weighted by Gasteiger charge is 2.47. The molecule has 0 unspecified atom stereocenters. The molecule has 5 aromatic rings. The summed E-state index contributed by atoms with van der Waals surface area (Å²) in [5, 5.41) is 29.8. The first-order valence-corrected chi connectivity index (χ1v) is 21.6. The van der Waals surface area contributed by atoms with Gasteiger partial charge in [-0.3, -0.25) is 19.7 Å². The number of rotatable bonds is 17. The smallest absolute Gasteiger partial charge is 0.411 e. The van der Waals surface area contributed by atoms with Crippen LogP contribution in [0.1, 0.15) is 68.6 Å². The first-order chi connectivity index (χ1) is 29.0. The Morgan fingerprint density at radius 3 is 2.43 bits per heavy atom. The van der Waals surface area contributed by atoms with Gasteiger partial charge >= 0.3 is 11.0 Å². The van der Waals surface area contributed by atoms with E-state index in [-0.39, 0.29) is 40.5 Å². The summed E-state index contributed by atoms with van der Waals surface area (Å²) < 4.78 is 6.35. The Labute approximate surface area is 353 Å². The van der Waals surface area contributed by atoms with Gasteiger partial charge in [0.25, 0.3) is 0 Å². The number of phenolic OH excluding ortho intramolecular Hbond substituents is 1. The molecule has 0 radical (unpaired) electrons. The summed E-state index contributed by atoms with van der Waals surface area (Å²) in [5.41, 5.74) is 5.50. The van der Waals surface area contributed by atoms with E-state index in [9.17, 15) is 29.4 Å². The number of amides is 3. The minimum Gasteiger partial charge on any atom is -0.506 e. The number of fused-ring (bicyclic) bond motifs is 1. The highest BCUT2D eigenvalue weighted by Crippen LogP contribution is 2.50. The van der Waals surface area contributed by atoms with E-state index < -0.39 is 12.2 Å². The van der Waals surface area contributed by atoms with Gasteiger partial charge in [-0.15, -0.1) is 0 Å². The van der Waals surface area contributed by atoms with Gasteiger partial charge in [-0.2, -0.15) is 0 Å². The quantitative estimate of drug-likeness (QED) is 0.0528. The molecule has 3 amide bonds. The maximum atomic E-state index is 12.9. The fraction of sp³-hybridized carbons (Fsp3) is 0.391. The van der Waals surface area contributed by atoms with E-state index in [1.54, 1.807) is 11.0 Å². The molecule has 1 saturated carbocycles. The number of nitrogens with zero attached hydrogens (tertiary/aromatic N) is 2. The first-order valence-electron chi connectivity index (χ1n) is 20.7. The Morgan fingerprint density at radius 2 is 1.67 bits per heavy atom. The predicted molar refractivity (Wildman–Crippen MR) is 235 cm³/mol. The van der Waals surface area contributed by atoms with Gasteiger partial charge in [0.15, 0.2) is 0 Å². The number of unbranched alkanes of at least 4 members (excludes halogenated alkanes) is 1. The lowest BCUT2D eigenvalue weighted by Gasteiger charge is -2.51. The summed E-state index contributed by atoms with van der Waals surface area (Å²) in [7, 11) is 1.83. The lowest BCUT2D eigenvalue weighted by atomic mass is 9.61. The molecule has 1 aliphatic carbocycles. The third-order valence-electron chi connectivity index (χ3n) is 11.8. The van der Waals surface area contributed by atoms with Gasteiger partial charge in [-0.25, -0.2) is 4.79 Å². The number of carbonyl (C=O) groups excluding carboxylic acids is 3. The van der Waals surface area contributed by atoms with Crippen molar-refractivity contribution in [3.05, 3.63) is 112 Å². The number of ether oxygens (including phenoxy) is 1. The van der Waals surface area contributed by atoms with Crippen molar-refractivity contribution in [1.29, 1.82) is 0 Å². The number of anilines is 2. The predicted octanol–water partition coefficient (Wildman–Crippen LogP) is 7.24. The molecule has 1 spiro atoms. The summed E-state index contributed by atoms with van der Waals surface area (Å²) in [6, 6.07) is 28.3. The fourth-order valence-corrected chi connectivity index (χ4v) is 9.22. The van der Waals surface area contributed by atoms with Crippen molar-refractivity contribution >= 4 is 50.8 Å². The number of para-hydroxylation sites is 1. The van der Waals surface area contributed by atoms with Crippen LogP contribution in [0.3, 0.4) is 0 Å². The van der Waals surface area contributed by atoms with Crippen LogP contribution in [0.5, 0.6) is 5.75 Å². The van der Waals surface area contributed by atoms with Gasteiger partial charge in [0.05, 0.1) is 16.5 Å². The Morgan fingerprint density at radius 1 is 0.933 bits per heavy atom. The molecule has 1 aliphatic heterocycles. The van der Waals surface area contributed by atoms with Crippen LogP contribution in [-0.2, 0) is 20.9 Å². The van der Waals surface area contributed by atoms with Gasteiger partial charge in [-0.05, 0) is 92.4 Å². The van der Waals surface area contributed by atoms with Crippen molar-refractivity contribution in [2.24, 2.45) is 5.41 Å². The molecule has 13 nitrogen and oxygen atoms in total. The average Bonchev–Trinajstić information content (AvgIpc) is 3.64. The van der Waals surface area contributed by atoms with Gasteiger partial charge in [-0.1, -0.05) is 78.1 Å². The maximum Gasteiger partial charge on any atom is 0.411 e. The zero-order valence-corrected chi connectivity index (χ0v) is 34.8. The van der Waals surface area contributed by atoms with Crippen molar-refractivity contribution in [1.82, 2.24) is 20.1 Å². The summed E-state index contributed by atoms with van der Waals surface area (Å²) in [5.74, 6) is -0.000369. The van der Waals surface area contributed by atoms with Crippen LogP contribution in [0, 0.1) is 5.41 Å². The van der Waals surface area contributed by atoms with E-state index in [1.165, 1.54) is 6.07 Å². The third kappa shape index (κ3) is 11.0. The normalized spacial score (nSPS) is 15.6.